The third kappa shape index (κ3) is 5.92. The summed E-state index contributed by atoms with van der Waals surface area (Å²) in [5, 5.41) is 30.1. The fourth-order valence-corrected chi connectivity index (χ4v) is 6.25. The van der Waals surface area contributed by atoms with Crippen molar-refractivity contribution in [1.29, 1.82) is 0 Å². The van der Waals surface area contributed by atoms with Crippen LogP contribution in [-0.4, -0.2) is 86.4 Å². The number of aliphatic hydroxyl groups is 2. The minimum absolute atomic E-state index is 0.130. The molecule has 10 nitrogen and oxygen atoms in total. The number of ether oxygens (including phenoxy) is 2. The Morgan fingerprint density at radius 2 is 1.98 bits per heavy atom. The molecule has 3 heterocycles. The monoisotopic (exact) mass is 585 g/mol. The summed E-state index contributed by atoms with van der Waals surface area (Å²) in [6.07, 6.45) is -2.27. The van der Waals surface area contributed by atoms with Crippen LogP contribution in [-0.2, 0) is 9.53 Å². The largest absolute Gasteiger partial charge is 0.481 e. The Hall–Kier alpha value is -2.81. The third-order valence-electron chi connectivity index (χ3n) is 8.76. The Bertz CT molecular complexity index is 1230. The summed E-state index contributed by atoms with van der Waals surface area (Å²) in [7, 11) is 1.42. The van der Waals surface area contributed by atoms with Gasteiger partial charge in [0.2, 0.25) is 11.8 Å². The summed E-state index contributed by atoms with van der Waals surface area (Å²) < 4.78 is 65.6. The Morgan fingerprint density at radius 3 is 2.61 bits per heavy atom. The molecule has 0 radical (unpaired) electrons. The maximum atomic E-state index is 14.4. The van der Waals surface area contributed by atoms with E-state index in [0.29, 0.717) is 30.8 Å². The molecule has 2 aromatic rings. The molecule has 14 heteroatoms. The number of hydrogen-bond acceptors (Lipinski definition) is 8. The van der Waals surface area contributed by atoms with Crippen LogP contribution in [0.25, 0.3) is 11.3 Å². The molecule has 3 aliphatic rings. The zero-order valence-corrected chi connectivity index (χ0v) is 22.7. The second-order valence-electron chi connectivity index (χ2n) is 11.2. The van der Waals surface area contributed by atoms with E-state index in [-0.39, 0.29) is 60.5 Å². The lowest BCUT2D eigenvalue weighted by Crippen LogP contribution is -2.55. The molecule has 0 aromatic carbocycles. The van der Waals surface area contributed by atoms with Crippen molar-refractivity contribution in [2.24, 2.45) is 5.92 Å². The molecular formula is C27H35F4N5O5. The van der Waals surface area contributed by atoms with E-state index in [2.05, 4.69) is 20.5 Å². The van der Waals surface area contributed by atoms with Gasteiger partial charge >= 0.3 is 6.18 Å². The van der Waals surface area contributed by atoms with E-state index in [1.807, 2.05) is 4.90 Å². The van der Waals surface area contributed by atoms with Gasteiger partial charge in [-0.25, -0.2) is 9.37 Å². The summed E-state index contributed by atoms with van der Waals surface area (Å²) >= 11 is 0. The van der Waals surface area contributed by atoms with Crippen molar-refractivity contribution >= 4 is 5.91 Å². The van der Waals surface area contributed by atoms with Gasteiger partial charge in [0, 0.05) is 35.7 Å². The first-order valence-corrected chi connectivity index (χ1v) is 13.8. The molecule has 2 atom stereocenters. The van der Waals surface area contributed by atoms with Crippen LogP contribution in [0.15, 0.2) is 18.3 Å². The van der Waals surface area contributed by atoms with Crippen LogP contribution >= 0.6 is 0 Å². The van der Waals surface area contributed by atoms with E-state index in [1.165, 1.54) is 13.2 Å². The van der Waals surface area contributed by atoms with E-state index in [4.69, 9.17) is 14.6 Å². The van der Waals surface area contributed by atoms with Crippen molar-refractivity contribution in [2.45, 2.75) is 81.0 Å². The maximum absolute atomic E-state index is 14.4. The quantitative estimate of drug-likeness (QED) is 0.330. The van der Waals surface area contributed by atoms with Gasteiger partial charge in [-0.05, 0) is 57.4 Å². The van der Waals surface area contributed by atoms with Crippen LogP contribution in [0.5, 0.6) is 5.88 Å². The number of aliphatic hydroxyl groups excluding tert-OH is 2. The number of nitrogens with one attached hydrogen (secondary N) is 2. The van der Waals surface area contributed by atoms with Crippen molar-refractivity contribution in [1.82, 2.24) is 25.4 Å². The van der Waals surface area contributed by atoms with E-state index < -0.39 is 37.0 Å². The number of halogens is 4. The first kappa shape index (κ1) is 29.7. The molecule has 2 aliphatic carbocycles. The van der Waals surface area contributed by atoms with Crippen molar-refractivity contribution in [3.63, 3.8) is 0 Å². The first-order valence-electron chi connectivity index (χ1n) is 13.8. The third-order valence-corrected chi connectivity index (χ3v) is 8.76. The highest BCUT2D eigenvalue weighted by molar-refractivity contribution is 5.79. The molecule has 5 rings (SSSR count). The lowest BCUT2D eigenvalue weighted by molar-refractivity contribution is -0.290. The van der Waals surface area contributed by atoms with Crippen LogP contribution in [0.4, 0.5) is 17.6 Å². The summed E-state index contributed by atoms with van der Waals surface area (Å²) in [4.78, 5) is 18.9. The van der Waals surface area contributed by atoms with Gasteiger partial charge in [0.1, 0.15) is 6.23 Å². The summed E-state index contributed by atoms with van der Waals surface area (Å²) in [5.41, 5.74) is -1.80. The van der Waals surface area contributed by atoms with Gasteiger partial charge in [0.25, 0.3) is 0 Å². The number of H-pyrrole nitrogens is 1. The molecule has 2 aromatic heterocycles. The molecule has 1 aliphatic heterocycles. The zero-order chi connectivity index (χ0) is 29.4. The molecular weight excluding hydrogens is 550 g/mol. The molecule has 1 saturated heterocycles. The van der Waals surface area contributed by atoms with Crippen molar-refractivity contribution in [2.75, 3.05) is 26.9 Å². The first-order chi connectivity index (χ1) is 19.5. The van der Waals surface area contributed by atoms with Crippen molar-refractivity contribution < 1.29 is 42.0 Å². The summed E-state index contributed by atoms with van der Waals surface area (Å²) in [6, 6.07) is 2.61. The number of hydrogen-bond donors (Lipinski definition) is 4. The van der Waals surface area contributed by atoms with Crippen LogP contribution in [0.1, 0.15) is 63.3 Å². The van der Waals surface area contributed by atoms with Crippen LogP contribution < -0.4 is 10.1 Å². The van der Waals surface area contributed by atoms with Crippen LogP contribution in [0.2, 0.25) is 0 Å². The number of rotatable bonds is 9. The summed E-state index contributed by atoms with van der Waals surface area (Å²) in [6.45, 7) is -0.451. The fraction of sp³-hybridized carbons (Fsp3) is 0.667. The van der Waals surface area contributed by atoms with Gasteiger partial charge in [-0.2, -0.15) is 18.3 Å². The number of carbonyl (C=O) groups excluding carboxylic acids is 1. The maximum Gasteiger partial charge on any atom is 0.417 e. The number of alkyl halides is 3. The number of carbonyl (C=O) groups is 1. The standard InChI is InChI=1S/C27H35F4N5O5/c1-40-22-12-18(19(28)15-32-22)20-13-21(35-34-20)24(39)36-9-4-16(14-25(36)7-8-25)23(38)33-17-2-5-26(6-3-17,27(29,30)31)41-11-10-37/h12-13,15-17,24,37,39H,2-11,14H2,1H3,(H,33,38)(H,34,35). The zero-order valence-electron chi connectivity index (χ0n) is 22.7. The van der Waals surface area contributed by atoms with Gasteiger partial charge in [0.15, 0.2) is 11.4 Å². The molecule has 2 saturated carbocycles. The predicted molar refractivity (Wildman–Crippen MR) is 137 cm³/mol. The van der Waals surface area contributed by atoms with E-state index in [0.717, 1.165) is 19.0 Å². The van der Waals surface area contributed by atoms with Gasteiger partial charge in [-0.1, -0.05) is 0 Å². The van der Waals surface area contributed by atoms with Crippen molar-refractivity contribution in [3.05, 3.63) is 29.8 Å². The Kier molecular flexibility index (Phi) is 8.30. The van der Waals surface area contributed by atoms with E-state index >= 15 is 0 Å². The average Bonchev–Trinajstić information content (AvgIpc) is 3.53. The SMILES string of the molecule is COc1cc(-c2cc(C(O)N3CCC(C(=O)NC4CCC(OCCO)(C(F)(F)F)CC4)CC34CC4)[nH]n2)c(F)cn1. The molecule has 1 amide bonds. The molecule has 226 valence electrons. The summed E-state index contributed by atoms with van der Waals surface area (Å²) in [5.74, 6) is -0.857. The normalized spacial score (nSPS) is 27.0. The highest BCUT2D eigenvalue weighted by Gasteiger charge is 2.58. The number of likely N-dealkylation sites (tertiary alicyclic amines) is 1. The predicted octanol–water partition coefficient (Wildman–Crippen LogP) is 3.22. The van der Waals surface area contributed by atoms with Crippen LogP contribution in [0.3, 0.4) is 0 Å². The lowest BCUT2D eigenvalue weighted by atomic mass is 9.80. The Morgan fingerprint density at radius 1 is 1.24 bits per heavy atom. The lowest BCUT2D eigenvalue weighted by Gasteiger charge is -2.43. The minimum atomic E-state index is -4.56. The number of amides is 1. The van der Waals surface area contributed by atoms with Crippen molar-refractivity contribution in [3.8, 4) is 17.1 Å². The molecule has 3 fully saturated rings. The number of pyridine rings is 1. The van der Waals surface area contributed by atoms with Gasteiger partial charge in [-0.3, -0.25) is 14.8 Å². The Labute approximate surface area is 234 Å². The Balaban J connectivity index is 1.18. The van der Waals surface area contributed by atoms with Gasteiger partial charge in [-0.15, -0.1) is 0 Å². The van der Waals surface area contributed by atoms with Gasteiger partial charge in [0.05, 0.1) is 37.9 Å². The highest BCUT2D eigenvalue weighted by atomic mass is 19.4. The second-order valence-corrected chi connectivity index (χ2v) is 11.2. The number of nitrogens with zero attached hydrogens (tertiary/aromatic N) is 3. The topological polar surface area (TPSA) is 133 Å². The smallest absolute Gasteiger partial charge is 0.417 e. The molecule has 0 bridgehead atoms. The highest BCUT2D eigenvalue weighted by Crippen LogP contribution is 2.53. The minimum Gasteiger partial charge on any atom is -0.481 e. The molecule has 2 unspecified atom stereocenters. The molecule has 4 N–H and O–H groups in total. The van der Waals surface area contributed by atoms with E-state index in [9.17, 15) is 27.5 Å². The number of piperidine rings is 1. The van der Waals surface area contributed by atoms with Gasteiger partial charge < -0.3 is 25.0 Å². The molecule has 41 heavy (non-hydrogen) atoms. The molecule has 1 spiro atoms. The second kappa shape index (κ2) is 11.5. The number of methoxy groups -OCH3 is 1. The average molecular weight is 586 g/mol. The fourth-order valence-electron chi connectivity index (χ4n) is 6.25. The number of aromatic amines is 1. The van der Waals surface area contributed by atoms with E-state index in [1.54, 1.807) is 6.07 Å². The van der Waals surface area contributed by atoms with Crippen LogP contribution in [0, 0.1) is 11.7 Å². The number of aromatic nitrogens is 3.